The molecule has 12 heavy (non-hydrogen) atoms. The Morgan fingerprint density at radius 1 is 0.667 bits per heavy atom. The van der Waals surface area contributed by atoms with Crippen LogP contribution < -0.4 is 0 Å². The van der Waals surface area contributed by atoms with Crippen LogP contribution in [0.4, 0.5) is 0 Å². The number of hydrogen-bond donors (Lipinski definition) is 0. The van der Waals surface area contributed by atoms with Crippen LogP contribution in [0, 0.1) is 17.8 Å². The van der Waals surface area contributed by atoms with Crippen molar-refractivity contribution in [1.82, 2.24) is 0 Å². The van der Waals surface area contributed by atoms with Crippen LogP contribution >= 0.6 is 0 Å². The van der Waals surface area contributed by atoms with Gasteiger partial charge in [0.25, 0.3) is 0 Å². The molecule has 0 aromatic heterocycles. The molecule has 0 bridgehead atoms. The van der Waals surface area contributed by atoms with E-state index < -0.39 is 0 Å². The van der Waals surface area contributed by atoms with Crippen molar-refractivity contribution in [3.8, 4) is 0 Å². The molecule has 2 aliphatic carbocycles. The third-order valence-electron chi connectivity index (χ3n) is 2.91. The van der Waals surface area contributed by atoms with Gasteiger partial charge in [0.15, 0.2) is 0 Å². The molecule has 0 radical (unpaired) electrons. The van der Waals surface area contributed by atoms with Crippen LogP contribution in [-0.4, -0.2) is 0 Å². The van der Waals surface area contributed by atoms with Gasteiger partial charge in [-0.1, -0.05) is 60.3 Å². The molecule has 0 spiro atoms. The summed E-state index contributed by atoms with van der Waals surface area (Å²) in [7, 11) is 0. The summed E-state index contributed by atoms with van der Waals surface area (Å²) in [5.74, 6) is 3.15. The lowest BCUT2D eigenvalue weighted by atomic mass is 9.77. The normalized spacial score (nSPS) is 31.8. The summed E-state index contributed by atoms with van der Waals surface area (Å²) < 4.78 is 0. The zero-order valence-electron chi connectivity index (χ0n) is 9.56. The first-order valence-corrected chi connectivity index (χ1v) is 5.70. The molecule has 2 atom stereocenters. The lowest BCUT2D eigenvalue weighted by Crippen LogP contribution is -2.18. The Hall–Kier alpha value is 0. The van der Waals surface area contributed by atoms with Gasteiger partial charge in [-0.25, -0.2) is 0 Å². The predicted octanol–water partition coefficient (Wildman–Crippen LogP) is 4.49. The summed E-state index contributed by atoms with van der Waals surface area (Å²) in [6.07, 6.45) is 5.92. The van der Waals surface area contributed by atoms with E-state index in [1.165, 1.54) is 25.7 Å². The smallest absolute Gasteiger partial charge is 0.0417 e. The predicted molar refractivity (Wildman–Crippen MR) is 57.3 cm³/mol. The molecule has 0 saturated heterocycles. The molecular weight excluding hydrogens is 144 g/mol. The zero-order valence-corrected chi connectivity index (χ0v) is 9.56. The first-order chi connectivity index (χ1) is 5.70. The third kappa shape index (κ3) is 5.62. The summed E-state index contributed by atoms with van der Waals surface area (Å²) in [5.41, 5.74) is 0. The SMILES string of the molecule is CC.CC1CC1.CC1CCC1C. The lowest BCUT2D eigenvalue weighted by Gasteiger charge is -2.29. The molecule has 2 rings (SSSR count). The lowest BCUT2D eigenvalue weighted by molar-refractivity contribution is 0.219. The van der Waals surface area contributed by atoms with Crippen LogP contribution in [0.3, 0.4) is 0 Å². The fourth-order valence-corrected chi connectivity index (χ4v) is 1.00. The van der Waals surface area contributed by atoms with Gasteiger partial charge in [0.1, 0.15) is 0 Å². The Balaban J connectivity index is 0.000000176. The molecule has 2 saturated carbocycles. The summed E-state index contributed by atoms with van der Waals surface area (Å²) in [4.78, 5) is 0. The molecule has 2 aliphatic rings. The van der Waals surface area contributed by atoms with Crippen molar-refractivity contribution in [2.45, 2.75) is 60.3 Å². The van der Waals surface area contributed by atoms with Crippen molar-refractivity contribution >= 4 is 0 Å². The van der Waals surface area contributed by atoms with E-state index in [2.05, 4.69) is 20.8 Å². The van der Waals surface area contributed by atoms with Gasteiger partial charge >= 0.3 is 0 Å². The number of hydrogen-bond acceptors (Lipinski definition) is 0. The van der Waals surface area contributed by atoms with Crippen LogP contribution in [0.25, 0.3) is 0 Å². The largest absolute Gasteiger partial charge is 0.0683 e. The molecule has 2 fully saturated rings. The second kappa shape index (κ2) is 6.51. The standard InChI is InChI=1S/C6H12.C4H8.C2H6/c1-5-3-4-6(5)2;1-4-2-3-4;1-2/h5-6H,3-4H2,1-2H3;4H,2-3H2,1H3;1-2H3. The zero-order chi connectivity index (χ0) is 9.56. The van der Waals surface area contributed by atoms with Crippen molar-refractivity contribution in [1.29, 1.82) is 0 Å². The van der Waals surface area contributed by atoms with E-state index in [9.17, 15) is 0 Å². The molecule has 0 heteroatoms. The Labute approximate surface area is 78.8 Å². The van der Waals surface area contributed by atoms with E-state index in [1.54, 1.807) is 0 Å². The van der Waals surface area contributed by atoms with Gasteiger partial charge in [-0.2, -0.15) is 0 Å². The van der Waals surface area contributed by atoms with Crippen molar-refractivity contribution < 1.29 is 0 Å². The summed E-state index contributed by atoms with van der Waals surface area (Å²) >= 11 is 0. The van der Waals surface area contributed by atoms with Gasteiger partial charge in [0.2, 0.25) is 0 Å². The molecule has 74 valence electrons. The van der Waals surface area contributed by atoms with Gasteiger partial charge in [-0.3, -0.25) is 0 Å². The van der Waals surface area contributed by atoms with Crippen molar-refractivity contribution in [2.75, 3.05) is 0 Å². The molecular formula is C12H26. The minimum Gasteiger partial charge on any atom is -0.0683 e. The van der Waals surface area contributed by atoms with Gasteiger partial charge in [-0.15, -0.1) is 0 Å². The van der Waals surface area contributed by atoms with Crippen LogP contribution in [0.15, 0.2) is 0 Å². The first kappa shape index (κ1) is 12.0. The molecule has 0 aliphatic heterocycles. The van der Waals surface area contributed by atoms with Gasteiger partial charge in [0, 0.05) is 0 Å². The monoisotopic (exact) mass is 170 g/mol. The minimum atomic E-state index is 1.03. The van der Waals surface area contributed by atoms with E-state index in [1.807, 2.05) is 13.8 Å². The second-order valence-electron chi connectivity index (χ2n) is 4.21. The molecule has 0 N–H and O–H groups in total. The molecule has 2 unspecified atom stereocenters. The molecule has 0 heterocycles. The Bertz CT molecular complexity index is 84.2. The highest BCUT2D eigenvalue weighted by Gasteiger charge is 2.20. The fraction of sp³-hybridized carbons (Fsp3) is 1.00. The highest BCUT2D eigenvalue weighted by molar-refractivity contribution is 4.72. The molecule has 0 aromatic carbocycles. The molecule has 0 amide bonds. The van der Waals surface area contributed by atoms with E-state index in [0.717, 1.165) is 17.8 Å². The summed E-state index contributed by atoms with van der Waals surface area (Å²) in [5, 5.41) is 0. The van der Waals surface area contributed by atoms with Crippen molar-refractivity contribution in [3.05, 3.63) is 0 Å². The van der Waals surface area contributed by atoms with E-state index >= 15 is 0 Å². The highest BCUT2D eigenvalue weighted by Crippen LogP contribution is 2.32. The Kier molecular flexibility index (Phi) is 6.51. The Morgan fingerprint density at radius 2 is 0.917 bits per heavy atom. The van der Waals surface area contributed by atoms with Crippen LogP contribution in [0.5, 0.6) is 0 Å². The highest BCUT2D eigenvalue weighted by atomic mass is 14.3. The average molecular weight is 170 g/mol. The molecule has 0 aromatic rings. The summed E-state index contributed by atoms with van der Waals surface area (Å²) in [6.45, 7) is 10.9. The van der Waals surface area contributed by atoms with Gasteiger partial charge < -0.3 is 0 Å². The van der Waals surface area contributed by atoms with Gasteiger partial charge in [0.05, 0.1) is 0 Å². The minimum absolute atomic E-state index is 1.03. The Morgan fingerprint density at radius 3 is 0.917 bits per heavy atom. The average Bonchev–Trinajstić information content (AvgIpc) is 2.89. The van der Waals surface area contributed by atoms with Gasteiger partial charge in [-0.05, 0) is 17.8 Å². The maximum Gasteiger partial charge on any atom is -0.0417 e. The van der Waals surface area contributed by atoms with E-state index in [0.29, 0.717) is 0 Å². The molecule has 0 nitrogen and oxygen atoms in total. The quantitative estimate of drug-likeness (QED) is 0.502. The second-order valence-corrected chi connectivity index (χ2v) is 4.21. The first-order valence-electron chi connectivity index (χ1n) is 5.70. The summed E-state index contributed by atoms with van der Waals surface area (Å²) in [6, 6.07) is 0. The van der Waals surface area contributed by atoms with Crippen molar-refractivity contribution in [2.24, 2.45) is 17.8 Å². The maximum atomic E-state index is 2.33. The number of rotatable bonds is 0. The fourth-order valence-electron chi connectivity index (χ4n) is 1.00. The van der Waals surface area contributed by atoms with Crippen LogP contribution in [0.1, 0.15) is 60.3 Å². The van der Waals surface area contributed by atoms with Crippen molar-refractivity contribution in [3.63, 3.8) is 0 Å². The topological polar surface area (TPSA) is 0 Å². The van der Waals surface area contributed by atoms with E-state index in [4.69, 9.17) is 0 Å². The van der Waals surface area contributed by atoms with E-state index in [-0.39, 0.29) is 0 Å². The van der Waals surface area contributed by atoms with Crippen LogP contribution in [0.2, 0.25) is 0 Å². The maximum absolute atomic E-state index is 2.33. The third-order valence-corrected chi connectivity index (χ3v) is 2.91. The van der Waals surface area contributed by atoms with Crippen LogP contribution in [-0.2, 0) is 0 Å².